The lowest BCUT2D eigenvalue weighted by Crippen LogP contribution is -2.26. The van der Waals surface area contributed by atoms with E-state index in [1.807, 2.05) is 66.7 Å². The van der Waals surface area contributed by atoms with Gasteiger partial charge >= 0.3 is 0 Å². The Labute approximate surface area is 142 Å². The summed E-state index contributed by atoms with van der Waals surface area (Å²) in [5.41, 5.74) is 4.42. The van der Waals surface area contributed by atoms with Crippen LogP contribution in [0.15, 0.2) is 72.9 Å². The molecule has 2 aromatic carbocycles. The Morgan fingerprint density at radius 1 is 0.917 bits per heavy atom. The molecule has 0 aliphatic rings. The van der Waals surface area contributed by atoms with E-state index in [1.54, 1.807) is 6.20 Å². The summed E-state index contributed by atoms with van der Waals surface area (Å²) in [6, 6.07) is 21.2. The van der Waals surface area contributed by atoms with Gasteiger partial charge in [-0.05, 0) is 41.8 Å². The van der Waals surface area contributed by atoms with Crippen LogP contribution in [0.4, 0.5) is 0 Å². The van der Waals surface area contributed by atoms with Crippen LogP contribution >= 0.6 is 0 Å². The van der Waals surface area contributed by atoms with E-state index in [0.717, 1.165) is 22.4 Å². The Balaban J connectivity index is 1.75. The van der Waals surface area contributed by atoms with Crippen LogP contribution < -0.4 is 5.32 Å². The van der Waals surface area contributed by atoms with E-state index in [4.69, 9.17) is 0 Å². The highest BCUT2D eigenvalue weighted by atomic mass is 16.1. The molecule has 0 atom stereocenters. The first-order chi connectivity index (χ1) is 11.8. The van der Waals surface area contributed by atoms with E-state index < -0.39 is 0 Å². The molecule has 1 aromatic heterocycles. The lowest BCUT2D eigenvalue weighted by atomic mass is 9.95. The highest BCUT2D eigenvalue weighted by Crippen LogP contribution is 2.26. The minimum atomic E-state index is -0.0789. The van der Waals surface area contributed by atoms with Gasteiger partial charge in [-0.25, -0.2) is 0 Å². The van der Waals surface area contributed by atoms with Gasteiger partial charge in [-0.3, -0.25) is 9.78 Å². The molecule has 0 fully saturated rings. The maximum Gasteiger partial charge on any atom is 0.251 e. The largest absolute Gasteiger partial charge is 0.352 e. The van der Waals surface area contributed by atoms with Crippen LogP contribution in [0.25, 0.3) is 11.1 Å². The molecule has 3 aromatic rings. The summed E-state index contributed by atoms with van der Waals surface area (Å²) in [5, 5.41) is 2.98. The number of nitrogens with zero attached hydrogens (tertiary/aromatic N) is 1. The summed E-state index contributed by atoms with van der Waals surface area (Å²) in [7, 11) is 0. The number of hydrogen-bond acceptors (Lipinski definition) is 2. The molecule has 1 radical (unpaired) electrons. The van der Waals surface area contributed by atoms with Crippen molar-refractivity contribution in [1.29, 1.82) is 0 Å². The Hall–Kier alpha value is -2.94. The summed E-state index contributed by atoms with van der Waals surface area (Å²) in [6.07, 6.45) is 2.47. The zero-order valence-corrected chi connectivity index (χ0v) is 13.4. The van der Waals surface area contributed by atoms with Gasteiger partial charge in [0.1, 0.15) is 0 Å². The summed E-state index contributed by atoms with van der Waals surface area (Å²) < 4.78 is 0. The molecular weight excluding hydrogens is 296 g/mol. The minimum absolute atomic E-state index is 0.0789. The molecule has 0 saturated carbocycles. The molecule has 0 saturated heterocycles. The van der Waals surface area contributed by atoms with Gasteiger partial charge in [-0.2, -0.15) is 0 Å². The van der Waals surface area contributed by atoms with Crippen molar-refractivity contribution in [2.45, 2.75) is 6.42 Å². The fourth-order valence-corrected chi connectivity index (χ4v) is 2.64. The Bertz CT molecular complexity index is 828. The summed E-state index contributed by atoms with van der Waals surface area (Å²) in [5.74, 6) is -0.0789. The molecule has 0 aliphatic heterocycles. The SMILES string of the molecule is [CH2]c1ccccc1-c1ccccc1C(=O)NCCc1ccccn1. The summed E-state index contributed by atoms with van der Waals surface area (Å²) in [6.45, 7) is 4.61. The first-order valence-corrected chi connectivity index (χ1v) is 7.94. The van der Waals surface area contributed by atoms with E-state index in [0.29, 0.717) is 18.5 Å². The molecule has 0 bridgehead atoms. The van der Waals surface area contributed by atoms with Crippen LogP contribution in [0.2, 0.25) is 0 Å². The predicted octanol–water partition coefficient (Wildman–Crippen LogP) is 3.90. The van der Waals surface area contributed by atoms with E-state index in [1.165, 1.54) is 0 Å². The first-order valence-electron chi connectivity index (χ1n) is 7.94. The number of aromatic nitrogens is 1. The maximum atomic E-state index is 12.6. The Morgan fingerprint density at radius 3 is 2.38 bits per heavy atom. The fraction of sp³-hybridized carbons (Fsp3) is 0.0952. The van der Waals surface area contributed by atoms with Crippen LogP contribution in [0.3, 0.4) is 0 Å². The number of hydrogen-bond donors (Lipinski definition) is 1. The molecule has 1 heterocycles. The fourth-order valence-electron chi connectivity index (χ4n) is 2.64. The number of nitrogens with one attached hydrogen (secondary N) is 1. The van der Waals surface area contributed by atoms with E-state index in [-0.39, 0.29) is 5.91 Å². The molecule has 0 aliphatic carbocycles. The molecule has 3 nitrogen and oxygen atoms in total. The monoisotopic (exact) mass is 315 g/mol. The van der Waals surface area contributed by atoms with Crippen molar-refractivity contribution in [2.75, 3.05) is 6.54 Å². The quantitative estimate of drug-likeness (QED) is 0.776. The molecule has 3 heteroatoms. The lowest BCUT2D eigenvalue weighted by Gasteiger charge is -2.12. The molecule has 119 valence electrons. The van der Waals surface area contributed by atoms with Crippen molar-refractivity contribution >= 4 is 5.91 Å². The van der Waals surface area contributed by atoms with Gasteiger partial charge in [0.05, 0.1) is 0 Å². The van der Waals surface area contributed by atoms with Crippen molar-refractivity contribution < 1.29 is 4.79 Å². The van der Waals surface area contributed by atoms with Crippen molar-refractivity contribution in [2.24, 2.45) is 0 Å². The first kappa shape index (κ1) is 15.9. The van der Waals surface area contributed by atoms with Crippen LogP contribution in [0.1, 0.15) is 21.6 Å². The number of amides is 1. The van der Waals surface area contributed by atoms with E-state index >= 15 is 0 Å². The minimum Gasteiger partial charge on any atom is -0.352 e. The van der Waals surface area contributed by atoms with Gasteiger partial charge in [0.2, 0.25) is 0 Å². The van der Waals surface area contributed by atoms with Crippen LogP contribution in [0, 0.1) is 6.92 Å². The molecule has 0 spiro atoms. The summed E-state index contributed by atoms with van der Waals surface area (Å²) >= 11 is 0. The van der Waals surface area contributed by atoms with Crippen LogP contribution in [-0.2, 0) is 6.42 Å². The van der Waals surface area contributed by atoms with Crippen LogP contribution in [-0.4, -0.2) is 17.4 Å². The molecule has 0 unspecified atom stereocenters. The van der Waals surface area contributed by atoms with Crippen molar-refractivity contribution in [3.8, 4) is 11.1 Å². The van der Waals surface area contributed by atoms with Gasteiger partial charge in [0.15, 0.2) is 0 Å². The molecule has 3 rings (SSSR count). The molecule has 1 N–H and O–H groups in total. The van der Waals surface area contributed by atoms with Crippen LogP contribution in [0.5, 0.6) is 0 Å². The maximum absolute atomic E-state index is 12.6. The Morgan fingerprint density at radius 2 is 1.62 bits per heavy atom. The Kier molecular flexibility index (Phi) is 5.02. The lowest BCUT2D eigenvalue weighted by molar-refractivity contribution is 0.0954. The zero-order valence-electron chi connectivity index (χ0n) is 13.4. The second kappa shape index (κ2) is 7.55. The van der Waals surface area contributed by atoms with Gasteiger partial charge in [0.25, 0.3) is 5.91 Å². The number of rotatable bonds is 5. The standard InChI is InChI=1S/C21H19N2O/c1-16-8-2-3-10-18(16)19-11-4-5-12-20(19)21(24)23-15-13-17-9-6-7-14-22-17/h2-12,14H,1,13,15H2,(H,23,24). The van der Waals surface area contributed by atoms with Gasteiger partial charge in [-0.1, -0.05) is 48.5 Å². The average molecular weight is 315 g/mol. The van der Waals surface area contributed by atoms with Gasteiger partial charge < -0.3 is 5.32 Å². The second-order valence-electron chi connectivity index (χ2n) is 5.53. The predicted molar refractivity (Wildman–Crippen MR) is 96.6 cm³/mol. The zero-order chi connectivity index (χ0) is 16.8. The number of pyridine rings is 1. The molecule has 24 heavy (non-hydrogen) atoms. The van der Waals surface area contributed by atoms with Crippen molar-refractivity contribution in [3.63, 3.8) is 0 Å². The highest BCUT2D eigenvalue weighted by Gasteiger charge is 2.13. The number of benzene rings is 2. The van der Waals surface area contributed by atoms with E-state index in [2.05, 4.69) is 17.2 Å². The molecule has 1 amide bonds. The van der Waals surface area contributed by atoms with Gasteiger partial charge in [0, 0.05) is 30.4 Å². The van der Waals surface area contributed by atoms with Gasteiger partial charge in [-0.15, -0.1) is 0 Å². The third kappa shape index (κ3) is 3.69. The van der Waals surface area contributed by atoms with Crippen molar-refractivity contribution in [3.05, 3.63) is 96.7 Å². The highest BCUT2D eigenvalue weighted by molar-refractivity contribution is 6.01. The number of carbonyl (C=O) groups excluding carboxylic acids is 1. The topological polar surface area (TPSA) is 42.0 Å². The van der Waals surface area contributed by atoms with E-state index in [9.17, 15) is 4.79 Å². The number of carbonyl (C=O) groups is 1. The summed E-state index contributed by atoms with van der Waals surface area (Å²) in [4.78, 5) is 16.9. The van der Waals surface area contributed by atoms with Crippen molar-refractivity contribution in [1.82, 2.24) is 10.3 Å². The smallest absolute Gasteiger partial charge is 0.251 e. The third-order valence-electron chi connectivity index (χ3n) is 3.87. The molecular formula is C21H19N2O. The second-order valence-corrected chi connectivity index (χ2v) is 5.53. The normalized spacial score (nSPS) is 10.4. The average Bonchev–Trinajstić information content (AvgIpc) is 2.63. The third-order valence-corrected chi connectivity index (χ3v) is 3.87.